The first kappa shape index (κ1) is 19.5. The van der Waals surface area contributed by atoms with Gasteiger partial charge in [-0.3, -0.25) is 9.59 Å². The number of nitrogens with one attached hydrogen (secondary N) is 1. The molecule has 148 valence electrons. The van der Waals surface area contributed by atoms with Crippen LogP contribution in [0, 0.1) is 0 Å². The third-order valence-corrected chi connectivity index (χ3v) is 6.21. The summed E-state index contributed by atoms with van der Waals surface area (Å²) in [4.78, 5) is 29.5. The van der Waals surface area contributed by atoms with Crippen molar-refractivity contribution in [2.75, 3.05) is 5.32 Å². The summed E-state index contributed by atoms with van der Waals surface area (Å²) in [5.41, 5.74) is 1.83. The number of anilines is 1. The van der Waals surface area contributed by atoms with Gasteiger partial charge in [0, 0.05) is 30.2 Å². The average molecular weight is 428 g/mol. The van der Waals surface area contributed by atoms with Gasteiger partial charge in [-0.1, -0.05) is 47.6 Å². The molecule has 2 aromatic carbocycles. The summed E-state index contributed by atoms with van der Waals surface area (Å²) < 4.78 is 1.74. The van der Waals surface area contributed by atoms with Gasteiger partial charge >= 0.3 is 0 Å². The average Bonchev–Trinajstić information content (AvgIpc) is 2.70. The van der Waals surface area contributed by atoms with Crippen molar-refractivity contribution in [1.29, 1.82) is 0 Å². The fourth-order valence-electron chi connectivity index (χ4n) is 3.42. The molecule has 2 N–H and O–H groups in total. The molecule has 0 saturated heterocycles. The minimum Gasteiger partial charge on any atom is -0.508 e. The van der Waals surface area contributed by atoms with Crippen LogP contribution < -0.4 is 10.9 Å². The van der Waals surface area contributed by atoms with Crippen molar-refractivity contribution in [3.8, 4) is 5.75 Å². The van der Waals surface area contributed by atoms with Crippen molar-refractivity contribution < 1.29 is 9.90 Å². The molecule has 0 spiro atoms. The first-order valence-electron chi connectivity index (χ1n) is 8.99. The summed E-state index contributed by atoms with van der Waals surface area (Å²) in [6.45, 7) is 0. The minimum absolute atomic E-state index is 0.0926. The number of fused-ring (bicyclic) bond motifs is 1. The zero-order valence-electron chi connectivity index (χ0n) is 15.6. The normalized spacial score (nSPS) is 15.7. The lowest BCUT2D eigenvalue weighted by atomic mass is 9.86. The van der Waals surface area contributed by atoms with Gasteiger partial charge in [-0.05, 0) is 35.4 Å². The maximum atomic E-state index is 12.9. The summed E-state index contributed by atoms with van der Waals surface area (Å²) in [5.74, 6) is 0.524. The van der Waals surface area contributed by atoms with E-state index in [1.165, 1.54) is 11.8 Å². The van der Waals surface area contributed by atoms with Crippen LogP contribution in [0.5, 0.6) is 5.75 Å². The number of amides is 1. The molecule has 2 heterocycles. The van der Waals surface area contributed by atoms with Crippen LogP contribution in [0.3, 0.4) is 0 Å². The molecule has 1 amide bonds. The highest BCUT2D eigenvalue weighted by molar-refractivity contribution is 7.98. The number of thioether (sulfide) groups is 1. The number of phenolic OH excluding ortho intramolecular Hbond substituents is 1. The Bertz CT molecular complexity index is 1140. The van der Waals surface area contributed by atoms with Crippen LogP contribution in [0.15, 0.2) is 58.5 Å². The van der Waals surface area contributed by atoms with E-state index in [2.05, 4.69) is 10.3 Å². The number of carbonyl (C=O) groups is 1. The summed E-state index contributed by atoms with van der Waals surface area (Å²) in [6, 6.07) is 14.1. The Morgan fingerprint density at radius 1 is 1.24 bits per heavy atom. The number of benzene rings is 2. The van der Waals surface area contributed by atoms with E-state index in [0.717, 1.165) is 5.56 Å². The Balaban J connectivity index is 1.71. The fraction of sp³-hybridized carbons (Fsp3) is 0.190. The van der Waals surface area contributed by atoms with Crippen molar-refractivity contribution in [2.45, 2.75) is 23.2 Å². The second kappa shape index (κ2) is 7.93. The van der Waals surface area contributed by atoms with Crippen molar-refractivity contribution in [3.05, 3.63) is 80.6 Å². The Labute approximate surface area is 176 Å². The van der Waals surface area contributed by atoms with Gasteiger partial charge in [0.1, 0.15) is 11.6 Å². The maximum absolute atomic E-state index is 12.9. The molecule has 3 aromatic rings. The molecular formula is C21H18ClN3O3S. The lowest BCUT2D eigenvalue weighted by molar-refractivity contribution is -0.116. The first-order chi connectivity index (χ1) is 13.9. The molecule has 1 aromatic heterocycles. The minimum atomic E-state index is -0.452. The number of aromatic hydroxyl groups is 1. The van der Waals surface area contributed by atoms with E-state index in [1.807, 2.05) is 24.3 Å². The van der Waals surface area contributed by atoms with E-state index < -0.39 is 5.92 Å². The molecule has 0 fully saturated rings. The summed E-state index contributed by atoms with van der Waals surface area (Å²) in [7, 11) is 1.78. The molecule has 1 atom stereocenters. The lowest BCUT2D eigenvalue weighted by Gasteiger charge is -2.27. The van der Waals surface area contributed by atoms with Crippen LogP contribution in [0.4, 0.5) is 5.82 Å². The van der Waals surface area contributed by atoms with E-state index >= 15 is 0 Å². The third-order valence-electron chi connectivity index (χ3n) is 4.85. The first-order valence-corrected chi connectivity index (χ1v) is 10.4. The molecule has 0 unspecified atom stereocenters. The zero-order valence-corrected chi connectivity index (χ0v) is 17.1. The van der Waals surface area contributed by atoms with Crippen LogP contribution in [0.1, 0.15) is 29.0 Å². The fourth-order valence-corrected chi connectivity index (χ4v) is 4.47. The highest BCUT2D eigenvalue weighted by Gasteiger charge is 2.32. The number of halogens is 1. The van der Waals surface area contributed by atoms with E-state index in [9.17, 15) is 14.7 Å². The van der Waals surface area contributed by atoms with E-state index in [4.69, 9.17) is 11.6 Å². The molecule has 0 saturated carbocycles. The number of carbonyl (C=O) groups excluding carboxylic acids is 1. The number of rotatable bonds is 4. The molecule has 29 heavy (non-hydrogen) atoms. The number of phenols is 1. The van der Waals surface area contributed by atoms with Crippen molar-refractivity contribution >= 4 is 35.1 Å². The standard InChI is InChI=1S/C21H18ClN3O3S/c1-25-19-18(16(10-17(27)23-19)13-3-2-4-15(26)9-13)20(28)24-21(25)29-11-12-5-7-14(22)8-6-12/h2-9,16,26H,10-11H2,1H3,(H,23,27)/t16-/m1/s1. The van der Waals surface area contributed by atoms with Crippen LogP contribution in [-0.4, -0.2) is 20.6 Å². The number of hydrogen-bond acceptors (Lipinski definition) is 5. The molecule has 4 rings (SSSR count). The van der Waals surface area contributed by atoms with Crippen LogP contribution in [0.25, 0.3) is 0 Å². The quantitative estimate of drug-likeness (QED) is 0.487. The Morgan fingerprint density at radius 3 is 2.72 bits per heavy atom. The zero-order chi connectivity index (χ0) is 20.5. The van der Waals surface area contributed by atoms with Crippen LogP contribution in [-0.2, 0) is 17.6 Å². The maximum Gasteiger partial charge on any atom is 0.279 e. The highest BCUT2D eigenvalue weighted by Crippen LogP contribution is 2.37. The molecule has 1 aliphatic rings. The van der Waals surface area contributed by atoms with Gasteiger partial charge in [0.25, 0.3) is 5.56 Å². The number of aromatic nitrogens is 2. The molecule has 8 heteroatoms. The summed E-state index contributed by atoms with van der Waals surface area (Å²) in [6.07, 6.45) is 0.130. The summed E-state index contributed by atoms with van der Waals surface area (Å²) in [5, 5.41) is 13.8. The predicted molar refractivity (Wildman–Crippen MR) is 114 cm³/mol. The second-order valence-corrected chi connectivity index (χ2v) is 8.21. The van der Waals surface area contributed by atoms with E-state index in [1.54, 1.807) is 35.9 Å². The second-order valence-electron chi connectivity index (χ2n) is 6.84. The molecule has 6 nitrogen and oxygen atoms in total. The molecular weight excluding hydrogens is 410 g/mol. The van der Waals surface area contributed by atoms with Crippen molar-refractivity contribution in [3.63, 3.8) is 0 Å². The predicted octanol–water partition coefficient (Wildman–Crippen LogP) is 3.91. The molecule has 0 radical (unpaired) electrons. The molecule has 0 aliphatic carbocycles. The summed E-state index contributed by atoms with van der Waals surface area (Å²) >= 11 is 7.33. The smallest absolute Gasteiger partial charge is 0.279 e. The SMILES string of the molecule is Cn1c(SCc2ccc(Cl)cc2)nc(=O)c2c1NC(=O)C[C@@H]2c1cccc(O)c1. The van der Waals surface area contributed by atoms with Gasteiger partial charge in [0.2, 0.25) is 5.91 Å². The Kier molecular flexibility index (Phi) is 5.34. The van der Waals surface area contributed by atoms with E-state index in [0.29, 0.717) is 32.9 Å². The Morgan fingerprint density at radius 2 is 2.00 bits per heavy atom. The topological polar surface area (TPSA) is 84.2 Å². The highest BCUT2D eigenvalue weighted by atomic mass is 35.5. The van der Waals surface area contributed by atoms with Gasteiger partial charge < -0.3 is 15.0 Å². The van der Waals surface area contributed by atoms with Gasteiger partial charge in [-0.25, -0.2) is 0 Å². The Hall–Kier alpha value is -2.77. The monoisotopic (exact) mass is 427 g/mol. The van der Waals surface area contributed by atoms with E-state index in [-0.39, 0.29) is 23.6 Å². The van der Waals surface area contributed by atoms with Gasteiger partial charge in [-0.15, -0.1) is 0 Å². The van der Waals surface area contributed by atoms with Crippen LogP contribution >= 0.6 is 23.4 Å². The number of hydrogen-bond donors (Lipinski definition) is 2. The number of nitrogens with zero attached hydrogens (tertiary/aromatic N) is 2. The van der Waals surface area contributed by atoms with Crippen molar-refractivity contribution in [1.82, 2.24) is 9.55 Å². The van der Waals surface area contributed by atoms with Crippen molar-refractivity contribution in [2.24, 2.45) is 7.05 Å². The lowest BCUT2D eigenvalue weighted by Crippen LogP contribution is -2.33. The largest absolute Gasteiger partial charge is 0.508 e. The van der Waals surface area contributed by atoms with Crippen LogP contribution in [0.2, 0.25) is 5.02 Å². The van der Waals surface area contributed by atoms with Gasteiger partial charge in [-0.2, -0.15) is 4.98 Å². The third kappa shape index (κ3) is 4.02. The molecule has 0 bridgehead atoms. The van der Waals surface area contributed by atoms with Gasteiger partial charge in [0.15, 0.2) is 5.16 Å². The van der Waals surface area contributed by atoms with Gasteiger partial charge in [0.05, 0.1) is 5.56 Å². The molecule has 1 aliphatic heterocycles.